The van der Waals surface area contributed by atoms with E-state index in [9.17, 15) is 14.0 Å². The first-order chi connectivity index (χ1) is 12.1. The predicted octanol–water partition coefficient (Wildman–Crippen LogP) is 3.81. The Bertz CT molecular complexity index is 957. The molecule has 0 bridgehead atoms. The number of nitrogens with one attached hydrogen (secondary N) is 1. The highest BCUT2D eigenvalue weighted by atomic mass is 19.1. The fourth-order valence-electron chi connectivity index (χ4n) is 2.86. The molecular weight excluding hydrogens is 325 g/mol. The summed E-state index contributed by atoms with van der Waals surface area (Å²) >= 11 is 0. The number of esters is 1. The molecular formula is C19H18FNO4. The average molecular weight is 343 g/mol. The SMILES string of the molecule is CCOC(=O)CCCc1[nH]c(=O)oc1-c1ccc(F)c2ccccc12. The molecule has 2 aromatic carbocycles. The number of H-pyrrole nitrogens is 1. The summed E-state index contributed by atoms with van der Waals surface area (Å²) in [5.74, 6) is -0.803. The highest BCUT2D eigenvalue weighted by Crippen LogP contribution is 2.31. The molecule has 25 heavy (non-hydrogen) atoms. The summed E-state index contributed by atoms with van der Waals surface area (Å²) in [6, 6.07) is 9.97. The van der Waals surface area contributed by atoms with E-state index in [0.717, 1.165) is 0 Å². The summed E-state index contributed by atoms with van der Waals surface area (Å²) in [4.78, 5) is 25.8. The Kier molecular flexibility index (Phi) is 4.97. The van der Waals surface area contributed by atoms with Crippen LogP contribution in [0.2, 0.25) is 0 Å². The second-order valence-electron chi connectivity index (χ2n) is 5.62. The van der Waals surface area contributed by atoms with Gasteiger partial charge in [-0.3, -0.25) is 9.78 Å². The van der Waals surface area contributed by atoms with E-state index in [4.69, 9.17) is 9.15 Å². The van der Waals surface area contributed by atoms with Crippen LogP contribution in [0.5, 0.6) is 0 Å². The molecule has 0 aliphatic heterocycles. The Labute approximate surface area is 143 Å². The van der Waals surface area contributed by atoms with Crippen LogP contribution in [0.15, 0.2) is 45.6 Å². The first kappa shape index (κ1) is 17.0. The molecule has 3 rings (SSSR count). The van der Waals surface area contributed by atoms with Crippen molar-refractivity contribution in [3.8, 4) is 11.3 Å². The number of aryl methyl sites for hydroxylation is 1. The monoisotopic (exact) mass is 343 g/mol. The van der Waals surface area contributed by atoms with Crippen LogP contribution >= 0.6 is 0 Å². The summed E-state index contributed by atoms with van der Waals surface area (Å²) in [6.07, 6.45) is 1.22. The highest BCUT2D eigenvalue weighted by Gasteiger charge is 2.16. The molecule has 0 atom stereocenters. The zero-order valence-corrected chi connectivity index (χ0v) is 13.8. The third kappa shape index (κ3) is 3.63. The van der Waals surface area contributed by atoms with Gasteiger partial charge in [0, 0.05) is 17.4 Å². The van der Waals surface area contributed by atoms with Gasteiger partial charge in [-0.15, -0.1) is 0 Å². The number of carbonyl (C=O) groups excluding carboxylic acids is 1. The number of oxazole rings is 1. The first-order valence-corrected chi connectivity index (χ1v) is 8.15. The van der Waals surface area contributed by atoms with Crippen LogP contribution in [-0.4, -0.2) is 17.6 Å². The maximum absolute atomic E-state index is 14.0. The van der Waals surface area contributed by atoms with Crippen LogP contribution in [0.25, 0.3) is 22.1 Å². The van der Waals surface area contributed by atoms with Gasteiger partial charge in [0.15, 0.2) is 5.76 Å². The average Bonchev–Trinajstić information content (AvgIpc) is 2.96. The fourth-order valence-corrected chi connectivity index (χ4v) is 2.86. The van der Waals surface area contributed by atoms with E-state index in [-0.39, 0.29) is 18.2 Å². The number of aromatic nitrogens is 1. The highest BCUT2D eigenvalue weighted by molar-refractivity contribution is 5.96. The number of hydrogen-bond donors (Lipinski definition) is 1. The second kappa shape index (κ2) is 7.34. The van der Waals surface area contributed by atoms with Gasteiger partial charge >= 0.3 is 11.7 Å². The van der Waals surface area contributed by atoms with Crippen molar-refractivity contribution < 1.29 is 18.3 Å². The zero-order chi connectivity index (χ0) is 17.8. The Morgan fingerprint density at radius 1 is 1.20 bits per heavy atom. The molecule has 6 heteroatoms. The Morgan fingerprint density at radius 3 is 2.72 bits per heavy atom. The van der Waals surface area contributed by atoms with E-state index in [0.29, 0.717) is 47.2 Å². The number of benzene rings is 2. The quantitative estimate of drug-likeness (QED) is 0.691. The molecule has 0 fully saturated rings. The van der Waals surface area contributed by atoms with E-state index in [2.05, 4.69) is 4.98 Å². The minimum Gasteiger partial charge on any atom is -0.466 e. The predicted molar refractivity (Wildman–Crippen MR) is 91.8 cm³/mol. The van der Waals surface area contributed by atoms with Crippen molar-refractivity contribution in [3.05, 3.63) is 58.5 Å². The standard InChI is InChI=1S/C19H18FNO4/c1-2-24-17(22)9-5-8-16-18(25-19(23)21-16)14-10-11-15(20)13-7-4-3-6-12(13)14/h3-4,6-7,10-11H,2,5,8-9H2,1H3,(H,21,23). The number of halogens is 1. The lowest BCUT2D eigenvalue weighted by Gasteiger charge is -2.07. The first-order valence-electron chi connectivity index (χ1n) is 8.15. The second-order valence-corrected chi connectivity index (χ2v) is 5.62. The summed E-state index contributed by atoms with van der Waals surface area (Å²) in [7, 11) is 0. The van der Waals surface area contributed by atoms with Crippen molar-refractivity contribution in [2.45, 2.75) is 26.2 Å². The van der Waals surface area contributed by atoms with Crippen LogP contribution in [0.1, 0.15) is 25.5 Å². The van der Waals surface area contributed by atoms with Gasteiger partial charge in [-0.05, 0) is 37.3 Å². The van der Waals surface area contributed by atoms with Crippen molar-refractivity contribution in [3.63, 3.8) is 0 Å². The van der Waals surface area contributed by atoms with Gasteiger partial charge in [0.1, 0.15) is 5.82 Å². The van der Waals surface area contributed by atoms with Gasteiger partial charge in [0.25, 0.3) is 0 Å². The van der Waals surface area contributed by atoms with E-state index in [1.54, 1.807) is 37.3 Å². The Morgan fingerprint density at radius 2 is 1.96 bits per heavy atom. The number of aromatic amines is 1. The Hall–Kier alpha value is -2.89. The van der Waals surface area contributed by atoms with Crippen LogP contribution in [0, 0.1) is 5.82 Å². The topological polar surface area (TPSA) is 72.3 Å². The molecule has 0 saturated heterocycles. The van der Waals surface area contributed by atoms with Crippen molar-refractivity contribution in [1.29, 1.82) is 0 Å². The summed E-state index contributed by atoms with van der Waals surface area (Å²) in [5, 5.41) is 1.12. The minimum atomic E-state index is -0.574. The number of rotatable bonds is 6. The van der Waals surface area contributed by atoms with Crippen molar-refractivity contribution in [1.82, 2.24) is 4.98 Å². The van der Waals surface area contributed by atoms with Crippen LogP contribution < -0.4 is 5.76 Å². The lowest BCUT2D eigenvalue weighted by atomic mass is 10.00. The van der Waals surface area contributed by atoms with E-state index in [1.165, 1.54) is 6.07 Å². The molecule has 1 N–H and O–H groups in total. The molecule has 0 aliphatic rings. The number of hydrogen-bond acceptors (Lipinski definition) is 4. The van der Waals surface area contributed by atoms with Crippen molar-refractivity contribution in [2.75, 3.05) is 6.61 Å². The van der Waals surface area contributed by atoms with Gasteiger partial charge in [0.05, 0.1) is 12.3 Å². The maximum Gasteiger partial charge on any atom is 0.417 e. The molecule has 0 spiro atoms. The summed E-state index contributed by atoms with van der Waals surface area (Å²) < 4.78 is 24.2. The van der Waals surface area contributed by atoms with Gasteiger partial charge in [-0.1, -0.05) is 24.3 Å². The third-order valence-corrected chi connectivity index (χ3v) is 3.95. The fraction of sp³-hybridized carbons (Fsp3) is 0.263. The normalized spacial score (nSPS) is 11.0. The molecule has 0 aliphatic carbocycles. The number of fused-ring (bicyclic) bond motifs is 1. The largest absolute Gasteiger partial charge is 0.466 e. The number of ether oxygens (including phenoxy) is 1. The molecule has 1 aromatic heterocycles. The molecule has 3 aromatic rings. The van der Waals surface area contributed by atoms with Crippen molar-refractivity contribution >= 4 is 16.7 Å². The Balaban J connectivity index is 1.93. The molecule has 5 nitrogen and oxygen atoms in total. The maximum atomic E-state index is 14.0. The van der Waals surface area contributed by atoms with E-state index in [1.807, 2.05) is 0 Å². The van der Waals surface area contributed by atoms with Crippen molar-refractivity contribution in [2.24, 2.45) is 0 Å². The lowest BCUT2D eigenvalue weighted by molar-refractivity contribution is -0.143. The van der Waals surface area contributed by atoms with E-state index >= 15 is 0 Å². The van der Waals surface area contributed by atoms with Crippen LogP contribution in [-0.2, 0) is 16.0 Å². The van der Waals surface area contributed by atoms with Crippen LogP contribution in [0.3, 0.4) is 0 Å². The smallest absolute Gasteiger partial charge is 0.417 e. The van der Waals surface area contributed by atoms with Crippen LogP contribution in [0.4, 0.5) is 4.39 Å². The molecule has 130 valence electrons. The molecule has 0 saturated carbocycles. The van der Waals surface area contributed by atoms with E-state index < -0.39 is 5.76 Å². The lowest BCUT2D eigenvalue weighted by Crippen LogP contribution is -2.04. The van der Waals surface area contributed by atoms with Gasteiger partial charge in [-0.25, -0.2) is 9.18 Å². The van der Waals surface area contributed by atoms with Gasteiger partial charge < -0.3 is 9.15 Å². The van der Waals surface area contributed by atoms with Gasteiger partial charge in [0.2, 0.25) is 0 Å². The van der Waals surface area contributed by atoms with Gasteiger partial charge in [-0.2, -0.15) is 0 Å². The summed E-state index contributed by atoms with van der Waals surface area (Å²) in [5.41, 5.74) is 1.23. The molecule has 1 heterocycles. The number of carbonyl (C=O) groups is 1. The zero-order valence-electron chi connectivity index (χ0n) is 13.8. The molecule has 0 radical (unpaired) electrons. The molecule has 0 amide bonds. The third-order valence-electron chi connectivity index (χ3n) is 3.95. The minimum absolute atomic E-state index is 0.255. The molecule has 0 unspecified atom stereocenters. The summed E-state index contributed by atoms with van der Waals surface area (Å²) in [6.45, 7) is 2.09.